The first kappa shape index (κ1) is 13.5. The molecule has 1 aromatic carbocycles. The molecule has 1 aromatic heterocycles. The molecule has 0 atom stereocenters. The van der Waals surface area contributed by atoms with Crippen LogP contribution in [0.4, 0.5) is 0 Å². The van der Waals surface area contributed by atoms with Gasteiger partial charge in [0.2, 0.25) is 0 Å². The van der Waals surface area contributed by atoms with Crippen molar-refractivity contribution in [3.8, 4) is 5.75 Å². The standard InChI is InChI=1S/C13H14N2O3S/c1-18-12-6-4-10(5-7-12)9-11-3-2-8-15-13(11)19(14,16)17/h2-8H,9H2,1H3,(H2,14,16,17). The second-order valence-corrected chi connectivity index (χ2v) is 5.51. The summed E-state index contributed by atoms with van der Waals surface area (Å²) in [6.07, 6.45) is 1.86. The number of sulfonamides is 1. The predicted octanol–water partition coefficient (Wildman–Crippen LogP) is 1.33. The molecule has 0 saturated carbocycles. The molecule has 0 aliphatic heterocycles. The van der Waals surface area contributed by atoms with Crippen molar-refractivity contribution in [2.75, 3.05) is 7.11 Å². The van der Waals surface area contributed by atoms with Gasteiger partial charge in [0.15, 0.2) is 5.03 Å². The number of hydrogen-bond acceptors (Lipinski definition) is 4. The van der Waals surface area contributed by atoms with E-state index in [2.05, 4.69) is 4.98 Å². The molecule has 0 bridgehead atoms. The summed E-state index contributed by atoms with van der Waals surface area (Å²) >= 11 is 0. The topological polar surface area (TPSA) is 82.3 Å². The van der Waals surface area contributed by atoms with Crippen molar-refractivity contribution in [3.05, 3.63) is 53.7 Å². The van der Waals surface area contributed by atoms with Crippen molar-refractivity contribution in [1.29, 1.82) is 0 Å². The van der Waals surface area contributed by atoms with Crippen LogP contribution in [-0.2, 0) is 16.4 Å². The van der Waals surface area contributed by atoms with Crippen molar-refractivity contribution in [1.82, 2.24) is 4.98 Å². The van der Waals surface area contributed by atoms with Crippen molar-refractivity contribution in [2.24, 2.45) is 5.14 Å². The largest absolute Gasteiger partial charge is 0.497 e. The number of nitrogens with zero attached hydrogens (tertiary/aromatic N) is 1. The average Bonchev–Trinajstić information content (AvgIpc) is 2.39. The van der Waals surface area contributed by atoms with Crippen LogP contribution in [0.25, 0.3) is 0 Å². The van der Waals surface area contributed by atoms with Crippen LogP contribution in [0.15, 0.2) is 47.6 Å². The zero-order valence-corrected chi connectivity index (χ0v) is 11.2. The average molecular weight is 278 g/mol. The lowest BCUT2D eigenvalue weighted by Crippen LogP contribution is -2.16. The fraction of sp³-hybridized carbons (Fsp3) is 0.154. The van der Waals surface area contributed by atoms with E-state index in [0.717, 1.165) is 11.3 Å². The number of nitrogens with two attached hydrogens (primary N) is 1. The van der Waals surface area contributed by atoms with Gasteiger partial charge < -0.3 is 4.74 Å². The number of aromatic nitrogens is 1. The molecular weight excluding hydrogens is 264 g/mol. The fourth-order valence-corrected chi connectivity index (χ4v) is 2.49. The molecule has 5 nitrogen and oxygen atoms in total. The Hall–Kier alpha value is -1.92. The molecule has 0 unspecified atom stereocenters. The maximum absolute atomic E-state index is 11.4. The van der Waals surface area contributed by atoms with Crippen LogP contribution in [0.3, 0.4) is 0 Å². The van der Waals surface area contributed by atoms with Crippen molar-refractivity contribution in [2.45, 2.75) is 11.4 Å². The van der Waals surface area contributed by atoms with E-state index >= 15 is 0 Å². The highest BCUT2D eigenvalue weighted by molar-refractivity contribution is 7.89. The molecule has 2 rings (SSSR count). The molecule has 0 aliphatic carbocycles. The number of pyridine rings is 1. The van der Waals surface area contributed by atoms with Crippen LogP contribution >= 0.6 is 0 Å². The fourth-order valence-electron chi connectivity index (χ4n) is 1.78. The minimum Gasteiger partial charge on any atom is -0.497 e. The minimum absolute atomic E-state index is 0.0779. The summed E-state index contributed by atoms with van der Waals surface area (Å²) in [6.45, 7) is 0. The summed E-state index contributed by atoms with van der Waals surface area (Å²) in [6, 6.07) is 10.8. The number of hydrogen-bond donors (Lipinski definition) is 1. The lowest BCUT2D eigenvalue weighted by molar-refractivity contribution is 0.414. The van der Waals surface area contributed by atoms with E-state index < -0.39 is 10.0 Å². The quantitative estimate of drug-likeness (QED) is 0.914. The molecule has 0 spiro atoms. The van der Waals surface area contributed by atoms with Gasteiger partial charge in [-0.15, -0.1) is 0 Å². The monoisotopic (exact) mass is 278 g/mol. The Bertz CT molecular complexity index is 667. The second kappa shape index (κ2) is 5.38. The lowest BCUT2D eigenvalue weighted by Gasteiger charge is -2.07. The van der Waals surface area contributed by atoms with Gasteiger partial charge >= 0.3 is 0 Å². The Kier molecular flexibility index (Phi) is 3.82. The summed E-state index contributed by atoms with van der Waals surface area (Å²) in [5, 5.41) is 5.07. The summed E-state index contributed by atoms with van der Waals surface area (Å²) in [7, 11) is -2.21. The second-order valence-electron chi connectivity index (χ2n) is 4.04. The van der Waals surface area contributed by atoms with E-state index in [0.29, 0.717) is 12.0 Å². The number of primary sulfonamides is 1. The Balaban J connectivity index is 2.33. The third-order valence-corrected chi connectivity index (χ3v) is 3.58. The van der Waals surface area contributed by atoms with Crippen LogP contribution in [0.1, 0.15) is 11.1 Å². The summed E-state index contributed by atoms with van der Waals surface area (Å²) in [5.74, 6) is 0.751. The van der Waals surface area contributed by atoms with Gasteiger partial charge in [0, 0.05) is 12.6 Å². The van der Waals surface area contributed by atoms with E-state index in [1.165, 1.54) is 6.20 Å². The van der Waals surface area contributed by atoms with Gasteiger partial charge in [0.25, 0.3) is 10.0 Å². The smallest absolute Gasteiger partial charge is 0.255 e. The first-order chi connectivity index (χ1) is 9.00. The summed E-state index contributed by atoms with van der Waals surface area (Å²) in [5.41, 5.74) is 1.54. The van der Waals surface area contributed by atoms with Crippen molar-refractivity contribution < 1.29 is 13.2 Å². The Morgan fingerprint density at radius 3 is 2.47 bits per heavy atom. The molecule has 6 heteroatoms. The number of benzene rings is 1. The maximum atomic E-state index is 11.4. The highest BCUT2D eigenvalue weighted by Gasteiger charge is 2.15. The number of ether oxygens (including phenoxy) is 1. The zero-order chi connectivity index (χ0) is 13.9. The van der Waals surface area contributed by atoms with Crippen LogP contribution in [0.5, 0.6) is 5.75 Å². The Labute approximate surface area is 112 Å². The highest BCUT2D eigenvalue weighted by Crippen LogP contribution is 2.18. The molecule has 1 heterocycles. The third kappa shape index (κ3) is 3.30. The molecule has 0 fully saturated rings. The normalized spacial score (nSPS) is 11.3. The van der Waals surface area contributed by atoms with Crippen LogP contribution in [-0.4, -0.2) is 20.5 Å². The van der Waals surface area contributed by atoms with Gasteiger partial charge in [-0.1, -0.05) is 18.2 Å². The number of rotatable bonds is 4. The van der Waals surface area contributed by atoms with E-state index in [1.807, 2.05) is 24.3 Å². The van der Waals surface area contributed by atoms with Crippen LogP contribution in [0.2, 0.25) is 0 Å². The van der Waals surface area contributed by atoms with Gasteiger partial charge in [-0.25, -0.2) is 18.5 Å². The van der Waals surface area contributed by atoms with E-state index in [1.54, 1.807) is 19.2 Å². The molecule has 2 aromatic rings. The molecule has 0 aliphatic rings. The zero-order valence-electron chi connectivity index (χ0n) is 10.4. The lowest BCUT2D eigenvalue weighted by atomic mass is 10.1. The van der Waals surface area contributed by atoms with Crippen LogP contribution < -0.4 is 9.88 Å². The first-order valence-corrected chi connectivity index (χ1v) is 7.15. The van der Waals surface area contributed by atoms with Gasteiger partial charge in [0.1, 0.15) is 5.75 Å². The first-order valence-electron chi connectivity index (χ1n) is 5.60. The Morgan fingerprint density at radius 2 is 1.89 bits per heavy atom. The van der Waals surface area contributed by atoms with E-state index in [4.69, 9.17) is 9.88 Å². The van der Waals surface area contributed by atoms with E-state index in [-0.39, 0.29) is 5.03 Å². The van der Waals surface area contributed by atoms with Gasteiger partial charge in [-0.2, -0.15) is 0 Å². The molecule has 0 saturated heterocycles. The minimum atomic E-state index is -3.80. The maximum Gasteiger partial charge on any atom is 0.255 e. The molecular formula is C13H14N2O3S. The molecule has 0 radical (unpaired) electrons. The predicted molar refractivity (Wildman–Crippen MR) is 71.4 cm³/mol. The van der Waals surface area contributed by atoms with E-state index in [9.17, 15) is 8.42 Å². The van der Waals surface area contributed by atoms with Crippen molar-refractivity contribution in [3.63, 3.8) is 0 Å². The summed E-state index contributed by atoms with van der Waals surface area (Å²) in [4.78, 5) is 3.84. The van der Waals surface area contributed by atoms with Crippen LogP contribution in [0, 0.1) is 0 Å². The molecule has 19 heavy (non-hydrogen) atoms. The third-order valence-electron chi connectivity index (χ3n) is 2.67. The molecule has 2 N–H and O–H groups in total. The number of methoxy groups -OCH3 is 1. The highest BCUT2D eigenvalue weighted by atomic mass is 32.2. The van der Waals surface area contributed by atoms with Gasteiger partial charge in [-0.3, -0.25) is 0 Å². The molecule has 0 amide bonds. The van der Waals surface area contributed by atoms with Crippen molar-refractivity contribution >= 4 is 10.0 Å². The SMILES string of the molecule is COc1ccc(Cc2cccnc2S(N)(=O)=O)cc1. The van der Waals surface area contributed by atoms with Gasteiger partial charge in [-0.05, 0) is 29.3 Å². The van der Waals surface area contributed by atoms with Gasteiger partial charge in [0.05, 0.1) is 7.11 Å². The Morgan fingerprint density at radius 1 is 1.21 bits per heavy atom. The molecule has 100 valence electrons. The summed E-state index contributed by atoms with van der Waals surface area (Å²) < 4.78 is 27.9.